The summed E-state index contributed by atoms with van der Waals surface area (Å²) in [6.45, 7) is 5.54. The minimum absolute atomic E-state index is 0.401. The Morgan fingerprint density at radius 1 is 1.13 bits per heavy atom. The third-order valence-electron chi connectivity index (χ3n) is 7.72. The van der Waals surface area contributed by atoms with Gasteiger partial charge in [-0.05, 0) is 75.0 Å². The van der Waals surface area contributed by atoms with Gasteiger partial charge in [0.25, 0.3) is 0 Å². The Labute approximate surface area is 141 Å². The fourth-order valence-corrected chi connectivity index (χ4v) is 6.67. The lowest BCUT2D eigenvalue weighted by Crippen LogP contribution is -2.52. The molecule has 0 unspecified atom stereocenters. The van der Waals surface area contributed by atoms with Gasteiger partial charge in [0.15, 0.2) is 0 Å². The molecule has 4 aliphatic rings. The highest BCUT2D eigenvalue weighted by molar-refractivity contribution is 5.82. The first-order chi connectivity index (χ1) is 11.1. The quantitative estimate of drug-likeness (QED) is 0.665. The van der Waals surface area contributed by atoms with Crippen molar-refractivity contribution in [1.29, 1.82) is 0 Å². The highest BCUT2D eigenvalue weighted by Crippen LogP contribution is 2.60. The maximum Gasteiger partial charge on any atom is 0.137 e. The molecule has 0 bridgehead atoms. The Bertz CT molecular complexity index is 518. The maximum absolute atomic E-state index is 11.8. The van der Waals surface area contributed by atoms with Crippen LogP contribution in [0, 0.1) is 23.2 Å². The molecular weight excluding hydrogens is 284 g/mol. The lowest BCUT2D eigenvalue weighted by Gasteiger charge is -2.57. The number of ketones is 1. The van der Waals surface area contributed by atoms with Crippen LogP contribution in [0.3, 0.4) is 0 Å². The van der Waals surface area contributed by atoms with Crippen molar-refractivity contribution in [3.8, 4) is 0 Å². The molecule has 23 heavy (non-hydrogen) atoms. The van der Waals surface area contributed by atoms with Crippen LogP contribution in [-0.4, -0.2) is 18.5 Å². The zero-order valence-electron chi connectivity index (χ0n) is 14.9. The average molecular weight is 316 g/mol. The van der Waals surface area contributed by atoms with Gasteiger partial charge in [-0.15, -0.1) is 0 Å². The van der Waals surface area contributed by atoms with Crippen molar-refractivity contribution >= 4 is 5.78 Å². The number of rotatable bonds is 2. The third kappa shape index (κ3) is 2.52. The van der Waals surface area contributed by atoms with E-state index < -0.39 is 0 Å². The number of hydrogen-bond acceptors (Lipinski definition) is 2. The number of allylic oxidation sites excluding steroid dienone is 2. The summed E-state index contributed by atoms with van der Waals surface area (Å²) < 4.78 is 6.20. The Hall–Kier alpha value is -0.630. The van der Waals surface area contributed by atoms with Crippen molar-refractivity contribution in [2.24, 2.45) is 23.2 Å². The molecule has 2 heteroatoms. The number of fused-ring (bicyclic) bond motifs is 4. The topological polar surface area (TPSA) is 26.3 Å². The summed E-state index contributed by atoms with van der Waals surface area (Å²) in [6.07, 6.45) is 12.4. The molecule has 0 saturated heterocycles. The van der Waals surface area contributed by atoms with E-state index in [-0.39, 0.29) is 0 Å². The average Bonchev–Trinajstić information content (AvgIpc) is 2.55. The van der Waals surface area contributed by atoms with Crippen molar-refractivity contribution in [3.05, 3.63) is 11.1 Å². The van der Waals surface area contributed by atoms with Gasteiger partial charge in [-0.3, -0.25) is 4.79 Å². The van der Waals surface area contributed by atoms with E-state index in [0.717, 1.165) is 43.6 Å². The van der Waals surface area contributed by atoms with Crippen LogP contribution in [0.1, 0.15) is 78.1 Å². The molecule has 0 amide bonds. The van der Waals surface area contributed by atoms with Crippen LogP contribution in [-0.2, 0) is 9.53 Å². The van der Waals surface area contributed by atoms with Crippen LogP contribution in [0.5, 0.6) is 0 Å². The van der Waals surface area contributed by atoms with Gasteiger partial charge in [0, 0.05) is 19.4 Å². The molecule has 0 aromatic heterocycles. The molecule has 4 aliphatic carbocycles. The first kappa shape index (κ1) is 15.9. The predicted octanol–water partition coefficient (Wildman–Crippen LogP) is 5.07. The van der Waals surface area contributed by atoms with Crippen molar-refractivity contribution in [2.45, 2.75) is 84.2 Å². The van der Waals surface area contributed by atoms with E-state index in [1.165, 1.54) is 44.9 Å². The number of Topliss-reactive ketones (excluding diaryl/α,β-unsaturated/α-hetero) is 1. The third-order valence-corrected chi connectivity index (χ3v) is 7.72. The molecule has 0 aliphatic heterocycles. The maximum atomic E-state index is 11.8. The van der Waals surface area contributed by atoms with Crippen LogP contribution in [0.4, 0.5) is 0 Å². The molecule has 128 valence electrons. The van der Waals surface area contributed by atoms with Crippen LogP contribution in [0.2, 0.25) is 0 Å². The largest absolute Gasteiger partial charge is 0.378 e. The molecule has 2 saturated carbocycles. The Kier molecular flexibility index (Phi) is 4.16. The molecule has 4 rings (SSSR count). The Morgan fingerprint density at radius 2 is 2.00 bits per heavy atom. The van der Waals surface area contributed by atoms with E-state index in [4.69, 9.17) is 4.74 Å². The zero-order valence-corrected chi connectivity index (χ0v) is 14.9. The molecule has 0 aromatic rings. The molecule has 0 radical (unpaired) electrons. The molecule has 0 heterocycles. The van der Waals surface area contributed by atoms with Crippen molar-refractivity contribution in [1.82, 2.24) is 0 Å². The van der Waals surface area contributed by atoms with Crippen molar-refractivity contribution < 1.29 is 9.53 Å². The van der Waals surface area contributed by atoms with E-state index in [1.54, 1.807) is 11.1 Å². The molecular formula is C21H32O2. The van der Waals surface area contributed by atoms with Gasteiger partial charge in [-0.2, -0.15) is 0 Å². The van der Waals surface area contributed by atoms with E-state index in [0.29, 0.717) is 17.3 Å². The summed E-state index contributed by atoms with van der Waals surface area (Å²) >= 11 is 0. The van der Waals surface area contributed by atoms with Crippen molar-refractivity contribution in [3.63, 3.8) is 0 Å². The monoisotopic (exact) mass is 316 g/mol. The lowest BCUT2D eigenvalue weighted by molar-refractivity contribution is -0.131. The van der Waals surface area contributed by atoms with Crippen LogP contribution < -0.4 is 0 Å². The van der Waals surface area contributed by atoms with E-state index >= 15 is 0 Å². The van der Waals surface area contributed by atoms with E-state index in [9.17, 15) is 4.79 Å². The Balaban J connectivity index is 1.61. The Morgan fingerprint density at radius 3 is 2.83 bits per heavy atom. The van der Waals surface area contributed by atoms with Crippen LogP contribution >= 0.6 is 0 Å². The highest BCUT2D eigenvalue weighted by atomic mass is 16.5. The molecule has 0 aromatic carbocycles. The number of ether oxygens (including phenoxy) is 1. The van der Waals surface area contributed by atoms with Gasteiger partial charge in [-0.25, -0.2) is 0 Å². The molecule has 2 nitrogen and oxygen atoms in total. The summed E-state index contributed by atoms with van der Waals surface area (Å²) in [5, 5.41) is 0. The first-order valence-corrected chi connectivity index (χ1v) is 9.97. The van der Waals surface area contributed by atoms with Crippen molar-refractivity contribution in [2.75, 3.05) is 6.61 Å². The second kappa shape index (κ2) is 6.02. The summed E-state index contributed by atoms with van der Waals surface area (Å²) in [4.78, 5) is 11.8. The van der Waals surface area contributed by atoms with Crippen LogP contribution in [0.25, 0.3) is 0 Å². The normalized spacial score (nSPS) is 43.7. The number of hydrogen-bond donors (Lipinski definition) is 0. The summed E-state index contributed by atoms with van der Waals surface area (Å²) in [6, 6.07) is 0. The summed E-state index contributed by atoms with van der Waals surface area (Å²) in [5.41, 5.74) is 3.67. The van der Waals surface area contributed by atoms with Gasteiger partial charge in [-0.1, -0.05) is 24.5 Å². The predicted molar refractivity (Wildman–Crippen MR) is 92.2 cm³/mol. The number of carbonyl (C=O) groups is 1. The van der Waals surface area contributed by atoms with E-state index in [1.807, 2.05) is 0 Å². The zero-order chi connectivity index (χ0) is 16.0. The van der Waals surface area contributed by atoms with Crippen LogP contribution in [0.15, 0.2) is 11.1 Å². The van der Waals surface area contributed by atoms with Gasteiger partial charge in [0.2, 0.25) is 0 Å². The smallest absolute Gasteiger partial charge is 0.137 e. The molecule has 0 N–H and O–H groups in total. The minimum Gasteiger partial charge on any atom is -0.378 e. The lowest BCUT2D eigenvalue weighted by atomic mass is 9.49. The van der Waals surface area contributed by atoms with Gasteiger partial charge in [0.05, 0.1) is 6.10 Å². The fourth-order valence-electron chi connectivity index (χ4n) is 6.67. The second-order valence-corrected chi connectivity index (χ2v) is 8.68. The fraction of sp³-hybridized carbons (Fsp3) is 0.857. The molecule has 0 spiro atoms. The number of carbonyl (C=O) groups excluding carboxylic acids is 1. The molecule has 5 atom stereocenters. The minimum atomic E-state index is 0.401. The first-order valence-electron chi connectivity index (χ1n) is 9.97. The van der Waals surface area contributed by atoms with E-state index in [2.05, 4.69) is 13.8 Å². The van der Waals surface area contributed by atoms with Gasteiger partial charge in [0.1, 0.15) is 5.78 Å². The standard InChI is InChI=1S/C21H32O2/c1-3-23-20-6-4-5-19-18-9-7-14-13-15(22)8-10-16(14)17(18)11-12-21(19,20)2/h17-20H,3-13H2,1-2H3/t17-,18+,19+,20+,21+/m1/s1. The van der Waals surface area contributed by atoms with Gasteiger partial charge >= 0.3 is 0 Å². The second-order valence-electron chi connectivity index (χ2n) is 8.68. The summed E-state index contributed by atoms with van der Waals surface area (Å²) in [5.74, 6) is 2.99. The SMILES string of the molecule is CCO[C@H]1CCC[C@H]2[C@H]3CCC4=C(CCC(=O)C4)[C@H]3CC[C@]12C. The summed E-state index contributed by atoms with van der Waals surface area (Å²) in [7, 11) is 0. The highest BCUT2D eigenvalue weighted by Gasteiger charge is 2.53. The molecule has 2 fully saturated rings. The van der Waals surface area contributed by atoms with Gasteiger partial charge < -0.3 is 4.74 Å².